The molecule has 1 atom stereocenters. The number of carboxylic acid groups (broad SMARTS) is 1. The molecule has 0 bridgehead atoms. The zero-order valence-corrected chi connectivity index (χ0v) is 12.7. The van der Waals surface area contributed by atoms with Gasteiger partial charge in [-0.25, -0.2) is 9.59 Å². The number of thioether (sulfide) groups is 1. The van der Waals surface area contributed by atoms with Gasteiger partial charge in [0.15, 0.2) is 0 Å². The van der Waals surface area contributed by atoms with Gasteiger partial charge in [-0.3, -0.25) is 0 Å². The van der Waals surface area contributed by atoms with Crippen LogP contribution in [0.2, 0.25) is 0 Å². The lowest BCUT2D eigenvalue weighted by atomic mass is 10.0. The minimum atomic E-state index is -1.02. The Balaban J connectivity index is 2.63. The van der Waals surface area contributed by atoms with E-state index in [9.17, 15) is 9.59 Å². The number of carbonyl (C=O) groups excluding carboxylic acids is 1. The minimum Gasteiger partial charge on any atom is -0.480 e. The smallest absolute Gasteiger partial charge is 0.326 e. The molecule has 0 aliphatic heterocycles. The van der Waals surface area contributed by atoms with Gasteiger partial charge in [0.1, 0.15) is 6.04 Å². The molecule has 0 saturated carbocycles. The summed E-state index contributed by atoms with van der Waals surface area (Å²) in [5, 5.41) is 14.2. The van der Waals surface area contributed by atoms with Gasteiger partial charge in [-0.2, -0.15) is 0 Å². The van der Waals surface area contributed by atoms with E-state index in [1.54, 1.807) is 17.8 Å². The normalized spacial score (nSPS) is 12.0. The summed E-state index contributed by atoms with van der Waals surface area (Å²) in [5.74, 6) is -0.831. The Morgan fingerprint density at radius 3 is 2.60 bits per heavy atom. The summed E-state index contributed by atoms with van der Waals surface area (Å²) >= 11 is 1.57. The van der Waals surface area contributed by atoms with E-state index >= 15 is 0 Å². The first-order valence-corrected chi connectivity index (χ1v) is 7.59. The molecular weight excluding hydrogens is 276 g/mol. The summed E-state index contributed by atoms with van der Waals surface area (Å²) in [7, 11) is 0. The van der Waals surface area contributed by atoms with Crippen LogP contribution in [0.25, 0.3) is 0 Å². The van der Waals surface area contributed by atoms with Crippen LogP contribution in [-0.4, -0.2) is 29.4 Å². The average Bonchev–Trinajstić information content (AvgIpc) is 2.37. The highest BCUT2D eigenvalue weighted by Crippen LogP contribution is 2.18. The number of anilines is 1. The lowest BCUT2D eigenvalue weighted by molar-refractivity contribution is -0.139. The number of urea groups is 1. The number of carboxylic acids is 1. The zero-order valence-electron chi connectivity index (χ0n) is 11.8. The van der Waals surface area contributed by atoms with E-state index < -0.39 is 18.0 Å². The largest absolute Gasteiger partial charge is 0.480 e. The number of carbonyl (C=O) groups is 2. The van der Waals surface area contributed by atoms with Gasteiger partial charge in [0.2, 0.25) is 0 Å². The lowest BCUT2D eigenvalue weighted by Gasteiger charge is -2.17. The molecule has 0 aromatic heterocycles. The highest BCUT2D eigenvalue weighted by atomic mass is 32.2. The van der Waals surface area contributed by atoms with Crippen LogP contribution in [-0.2, 0) is 4.79 Å². The number of rotatable bonds is 6. The quantitative estimate of drug-likeness (QED) is 0.705. The van der Waals surface area contributed by atoms with Gasteiger partial charge in [-0.15, -0.1) is 11.8 Å². The monoisotopic (exact) mass is 296 g/mol. The van der Waals surface area contributed by atoms with E-state index in [1.165, 1.54) is 0 Å². The lowest BCUT2D eigenvalue weighted by Crippen LogP contribution is -2.43. The molecular formula is C14H20N2O3S. The van der Waals surface area contributed by atoms with Crippen LogP contribution in [0.5, 0.6) is 0 Å². The van der Waals surface area contributed by atoms with Gasteiger partial charge >= 0.3 is 12.0 Å². The minimum absolute atomic E-state index is 0.191. The molecule has 0 aliphatic rings. The number of benzene rings is 1. The second kappa shape index (κ2) is 7.79. The molecule has 1 aromatic rings. The second-order valence-corrected chi connectivity index (χ2v) is 5.73. The molecule has 1 aromatic carbocycles. The van der Waals surface area contributed by atoms with E-state index in [2.05, 4.69) is 10.6 Å². The molecule has 3 N–H and O–H groups in total. The first-order chi connectivity index (χ1) is 9.42. The molecule has 0 radical (unpaired) electrons. The molecule has 20 heavy (non-hydrogen) atoms. The van der Waals surface area contributed by atoms with Crippen molar-refractivity contribution in [2.24, 2.45) is 5.92 Å². The number of hydrogen-bond donors (Lipinski definition) is 3. The Labute approximate surface area is 123 Å². The fourth-order valence-electron chi connectivity index (χ4n) is 1.72. The topological polar surface area (TPSA) is 78.4 Å². The van der Waals surface area contributed by atoms with E-state index in [4.69, 9.17) is 5.11 Å². The van der Waals surface area contributed by atoms with Crippen LogP contribution < -0.4 is 10.6 Å². The molecule has 0 spiro atoms. The standard InChI is InChI=1S/C14H20N2O3S/c1-9(2)7-12(13(17)18)16-14(19)15-10-5-4-6-11(8-10)20-3/h4-6,8-9,12H,7H2,1-3H3,(H,17,18)(H2,15,16,19)/t12-/m1/s1. The Kier molecular flexibility index (Phi) is 6.38. The molecule has 110 valence electrons. The van der Waals surface area contributed by atoms with Crippen LogP contribution in [0.3, 0.4) is 0 Å². The first-order valence-electron chi connectivity index (χ1n) is 6.36. The maximum absolute atomic E-state index is 11.8. The Morgan fingerprint density at radius 2 is 2.05 bits per heavy atom. The van der Waals surface area contributed by atoms with Gasteiger partial charge in [-0.1, -0.05) is 19.9 Å². The highest BCUT2D eigenvalue weighted by Gasteiger charge is 2.20. The van der Waals surface area contributed by atoms with Gasteiger partial charge in [0, 0.05) is 10.6 Å². The van der Waals surface area contributed by atoms with E-state index in [0.29, 0.717) is 12.1 Å². The van der Waals surface area contributed by atoms with E-state index in [-0.39, 0.29) is 5.92 Å². The van der Waals surface area contributed by atoms with Crippen molar-refractivity contribution in [1.82, 2.24) is 5.32 Å². The third kappa shape index (κ3) is 5.52. The molecule has 5 nitrogen and oxygen atoms in total. The average molecular weight is 296 g/mol. The molecule has 0 aliphatic carbocycles. The Hall–Kier alpha value is -1.69. The van der Waals surface area contributed by atoms with Crippen molar-refractivity contribution in [3.05, 3.63) is 24.3 Å². The van der Waals surface area contributed by atoms with Crippen LogP contribution in [0.15, 0.2) is 29.2 Å². The molecule has 6 heteroatoms. The fraction of sp³-hybridized carbons (Fsp3) is 0.429. The van der Waals surface area contributed by atoms with Crippen molar-refractivity contribution in [1.29, 1.82) is 0 Å². The van der Waals surface area contributed by atoms with Crippen molar-refractivity contribution < 1.29 is 14.7 Å². The van der Waals surface area contributed by atoms with Crippen LogP contribution >= 0.6 is 11.8 Å². The third-order valence-electron chi connectivity index (χ3n) is 2.64. The summed E-state index contributed by atoms with van der Waals surface area (Å²) in [6.07, 6.45) is 2.34. The van der Waals surface area contributed by atoms with Gasteiger partial charge in [-0.05, 0) is 36.8 Å². The fourth-order valence-corrected chi connectivity index (χ4v) is 2.18. The number of aliphatic carboxylic acids is 1. The maximum atomic E-state index is 11.8. The van der Waals surface area contributed by atoms with Crippen molar-refractivity contribution in [3.8, 4) is 0 Å². The maximum Gasteiger partial charge on any atom is 0.326 e. The first kappa shape index (κ1) is 16.4. The van der Waals surface area contributed by atoms with Crippen LogP contribution in [0, 0.1) is 5.92 Å². The second-order valence-electron chi connectivity index (χ2n) is 4.85. The predicted molar refractivity (Wildman–Crippen MR) is 81.3 cm³/mol. The van der Waals surface area contributed by atoms with Crippen molar-refractivity contribution >= 4 is 29.4 Å². The van der Waals surface area contributed by atoms with Crippen LogP contribution in [0.4, 0.5) is 10.5 Å². The molecule has 1 rings (SSSR count). The van der Waals surface area contributed by atoms with Crippen LogP contribution in [0.1, 0.15) is 20.3 Å². The van der Waals surface area contributed by atoms with Gasteiger partial charge in [0.25, 0.3) is 0 Å². The van der Waals surface area contributed by atoms with Gasteiger partial charge in [0.05, 0.1) is 0 Å². The SMILES string of the molecule is CSc1cccc(NC(=O)N[C@H](CC(C)C)C(=O)O)c1. The third-order valence-corrected chi connectivity index (χ3v) is 3.36. The molecule has 2 amide bonds. The summed E-state index contributed by atoms with van der Waals surface area (Å²) < 4.78 is 0. The summed E-state index contributed by atoms with van der Waals surface area (Å²) in [6, 6.07) is 5.99. The highest BCUT2D eigenvalue weighted by molar-refractivity contribution is 7.98. The van der Waals surface area contributed by atoms with Gasteiger partial charge < -0.3 is 15.7 Å². The molecule has 0 heterocycles. The molecule has 0 fully saturated rings. The van der Waals surface area contributed by atoms with E-state index in [0.717, 1.165) is 4.90 Å². The number of amides is 2. The molecule has 0 saturated heterocycles. The van der Waals surface area contributed by atoms with Crippen molar-refractivity contribution in [3.63, 3.8) is 0 Å². The molecule has 0 unspecified atom stereocenters. The number of nitrogens with one attached hydrogen (secondary N) is 2. The van der Waals surface area contributed by atoms with Crippen molar-refractivity contribution in [2.75, 3.05) is 11.6 Å². The van der Waals surface area contributed by atoms with E-state index in [1.807, 2.05) is 38.3 Å². The summed E-state index contributed by atoms with van der Waals surface area (Å²) in [6.45, 7) is 3.83. The number of hydrogen-bond acceptors (Lipinski definition) is 3. The Morgan fingerprint density at radius 1 is 1.35 bits per heavy atom. The van der Waals surface area contributed by atoms with Crippen molar-refractivity contribution in [2.45, 2.75) is 31.2 Å². The Bertz CT molecular complexity index is 477. The summed E-state index contributed by atoms with van der Waals surface area (Å²) in [4.78, 5) is 23.9. The zero-order chi connectivity index (χ0) is 15.1. The summed E-state index contributed by atoms with van der Waals surface area (Å²) in [5.41, 5.74) is 0.642. The predicted octanol–water partition coefficient (Wildman–Crippen LogP) is 3.03.